The molecule has 1 aromatic heterocycles. The summed E-state index contributed by atoms with van der Waals surface area (Å²) in [5.74, 6) is -1.46. The van der Waals surface area contributed by atoms with Gasteiger partial charge >= 0.3 is 5.97 Å². The van der Waals surface area contributed by atoms with Gasteiger partial charge in [-0.15, -0.1) is 0 Å². The first-order valence-electron chi connectivity index (χ1n) is 5.98. The molecule has 0 radical (unpaired) electrons. The minimum atomic E-state index is -1.22. The molecule has 2 N–H and O–H groups in total. The van der Waals surface area contributed by atoms with E-state index in [4.69, 9.17) is 14.3 Å². The fraction of sp³-hybridized carbons (Fsp3) is 0.500. The standard InChI is InChI=1S/C12H13NO5/c14-10(15)9-8-7(6-17-9)18-12(11(16)13-8)4-2-1-3-5-12/h6H,1-5H2,(H,13,16)(H,14,15). The van der Waals surface area contributed by atoms with E-state index in [0.29, 0.717) is 18.6 Å². The third-order valence-corrected chi connectivity index (χ3v) is 3.57. The van der Waals surface area contributed by atoms with Crippen LogP contribution < -0.4 is 10.1 Å². The molecule has 3 rings (SSSR count). The zero-order valence-corrected chi connectivity index (χ0v) is 9.69. The number of carboxylic acids is 1. The highest BCUT2D eigenvalue weighted by Gasteiger charge is 2.47. The van der Waals surface area contributed by atoms with E-state index < -0.39 is 11.6 Å². The van der Waals surface area contributed by atoms with Crippen LogP contribution in [0.3, 0.4) is 0 Å². The molecule has 1 saturated carbocycles. The van der Waals surface area contributed by atoms with Gasteiger partial charge in [-0.25, -0.2) is 4.79 Å². The average molecular weight is 251 g/mol. The number of furan rings is 1. The Balaban J connectivity index is 1.97. The molecule has 0 bridgehead atoms. The molecule has 2 heterocycles. The van der Waals surface area contributed by atoms with Gasteiger partial charge in [0.05, 0.1) is 0 Å². The van der Waals surface area contributed by atoms with Crippen molar-refractivity contribution >= 4 is 17.6 Å². The Kier molecular flexibility index (Phi) is 2.33. The smallest absolute Gasteiger partial charge is 0.374 e. The van der Waals surface area contributed by atoms with E-state index in [1.807, 2.05) is 0 Å². The van der Waals surface area contributed by atoms with Crippen LogP contribution in [0, 0.1) is 0 Å². The van der Waals surface area contributed by atoms with E-state index in [9.17, 15) is 9.59 Å². The van der Waals surface area contributed by atoms with Crippen LogP contribution >= 0.6 is 0 Å². The highest BCUT2D eigenvalue weighted by atomic mass is 16.5. The number of aromatic carboxylic acids is 1. The van der Waals surface area contributed by atoms with E-state index in [2.05, 4.69) is 5.32 Å². The Labute approximate surface area is 103 Å². The molecule has 1 aliphatic carbocycles. The Hall–Kier alpha value is -1.98. The number of nitrogens with one attached hydrogen (secondary N) is 1. The second-order valence-electron chi connectivity index (χ2n) is 4.72. The van der Waals surface area contributed by atoms with Crippen LogP contribution in [-0.4, -0.2) is 22.6 Å². The molecule has 18 heavy (non-hydrogen) atoms. The maximum absolute atomic E-state index is 12.1. The number of carboxylic acid groups (broad SMARTS) is 1. The summed E-state index contributed by atoms with van der Waals surface area (Å²) in [6.07, 6.45) is 5.53. The number of carbonyl (C=O) groups excluding carboxylic acids is 1. The van der Waals surface area contributed by atoms with Crippen LogP contribution in [0.1, 0.15) is 42.7 Å². The fourth-order valence-corrected chi connectivity index (χ4v) is 2.63. The highest BCUT2D eigenvalue weighted by molar-refractivity contribution is 6.05. The van der Waals surface area contributed by atoms with Gasteiger partial charge < -0.3 is 19.6 Å². The molecule has 2 aliphatic rings. The lowest BCUT2D eigenvalue weighted by atomic mass is 9.83. The topological polar surface area (TPSA) is 88.8 Å². The summed E-state index contributed by atoms with van der Waals surface area (Å²) in [6.45, 7) is 0. The molecule has 0 unspecified atom stereocenters. The van der Waals surface area contributed by atoms with E-state index >= 15 is 0 Å². The quantitative estimate of drug-likeness (QED) is 0.797. The minimum Gasteiger partial charge on any atom is -0.475 e. The van der Waals surface area contributed by atoms with Crippen molar-refractivity contribution in [2.45, 2.75) is 37.7 Å². The number of fused-ring (bicyclic) bond motifs is 1. The zero-order valence-electron chi connectivity index (χ0n) is 9.69. The van der Waals surface area contributed by atoms with Gasteiger partial charge in [-0.3, -0.25) is 4.79 Å². The number of hydrogen-bond acceptors (Lipinski definition) is 4. The maximum atomic E-state index is 12.1. The minimum absolute atomic E-state index is 0.128. The van der Waals surface area contributed by atoms with Crippen LogP contribution in [-0.2, 0) is 4.79 Å². The molecule has 0 aromatic carbocycles. The number of carbonyl (C=O) groups is 2. The molecule has 0 saturated heterocycles. The lowest BCUT2D eigenvalue weighted by Crippen LogP contribution is -2.51. The monoisotopic (exact) mass is 251 g/mol. The predicted octanol–water partition coefficient (Wildman–Crippen LogP) is 2.01. The highest BCUT2D eigenvalue weighted by Crippen LogP contribution is 2.43. The number of amides is 1. The molecule has 6 nitrogen and oxygen atoms in total. The molecule has 96 valence electrons. The van der Waals surface area contributed by atoms with Crippen molar-refractivity contribution in [3.8, 4) is 5.75 Å². The van der Waals surface area contributed by atoms with Gasteiger partial charge in [0.1, 0.15) is 12.0 Å². The molecular formula is C12H13NO5. The van der Waals surface area contributed by atoms with Crippen molar-refractivity contribution in [2.24, 2.45) is 0 Å². The van der Waals surface area contributed by atoms with Gasteiger partial charge in [-0.05, 0) is 25.7 Å². The first kappa shape index (κ1) is 11.1. The van der Waals surface area contributed by atoms with Gasteiger partial charge in [-0.1, -0.05) is 6.42 Å². The third kappa shape index (κ3) is 1.48. The Morgan fingerprint density at radius 2 is 2.06 bits per heavy atom. The lowest BCUT2D eigenvalue weighted by Gasteiger charge is -2.38. The summed E-state index contributed by atoms with van der Waals surface area (Å²) in [5, 5.41) is 11.5. The molecule has 1 aliphatic heterocycles. The molecule has 1 amide bonds. The van der Waals surface area contributed by atoms with Crippen molar-refractivity contribution in [2.75, 3.05) is 5.32 Å². The fourth-order valence-electron chi connectivity index (χ4n) is 2.63. The van der Waals surface area contributed by atoms with Crippen LogP contribution in [0.25, 0.3) is 0 Å². The van der Waals surface area contributed by atoms with Crippen molar-refractivity contribution in [1.29, 1.82) is 0 Å². The molecule has 1 aromatic rings. The van der Waals surface area contributed by atoms with Gasteiger partial charge in [-0.2, -0.15) is 0 Å². The first-order chi connectivity index (χ1) is 8.62. The van der Waals surface area contributed by atoms with Crippen molar-refractivity contribution < 1.29 is 23.8 Å². The normalized spacial score (nSPS) is 21.0. The Bertz CT molecular complexity index is 513. The van der Waals surface area contributed by atoms with Crippen LogP contribution in [0.5, 0.6) is 5.75 Å². The molecular weight excluding hydrogens is 238 g/mol. The Morgan fingerprint density at radius 3 is 2.72 bits per heavy atom. The summed E-state index contributed by atoms with van der Waals surface area (Å²) < 4.78 is 10.7. The summed E-state index contributed by atoms with van der Waals surface area (Å²) in [4.78, 5) is 23.0. The molecule has 0 atom stereocenters. The third-order valence-electron chi connectivity index (χ3n) is 3.57. The number of ether oxygens (including phenoxy) is 1. The van der Waals surface area contributed by atoms with Gasteiger partial charge in [0.25, 0.3) is 5.91 Å². The van der Waals surface area contributed by atoms with Crippen molar-refractivity contribution in [1.82, 2.24) is 0 Å². The summed E-state index contributed by atoms with van der Waals surface area (Å²) >= 11 is 0. The SMILES string of the molecule is O=C(O)c1occ2c1NC(=O)C1(CCCCC1)O2. The summed E-state index contributed by atoms with van der Waals surface area (Å²) in [6, 6.07) is 0. The maximum Gasteiger partial charge on any atom is 0.374 e. The van der Waals surface area contributed by atoms with Gasteiger partial charge in [0.2, 0.25) is 5.76 Å². The first-order valence-corrected chi connectivity index (χ1v) is 5.98. The predicted molar refractivity (Wildman–Crippen MR) is 60.7 cm³/mol. The summed E-state index contributed by atoms with van der Waals surface area (Å²) in [7, 11) is 0. The van der Waals surface area contributed by atoms with E-state index in [0.717, 1.165) is 19.3 Å². The molecule has 1 spiro atoms. The van der Waals surface area contributed by atoms with Gasteiger partial charge in [0.15, 0.2) is 11.4 Å². The van der Waals surface area contributed by atoms with Crippen molar-refractivity contribution in [3.63, 3.8) is 0 Å². The average Bonchev–Trinajstić information content (AvgIpc) is 2.74. The second kappa shape index (κ2) is 3.76. The van der Waals surface area contributed by atoms with Crippen LogP contribution in [0.4, 0.5) is 5.69 Å². The lowest BCUT2D eigenvalue weighted by molar-refractivity contribution is -0.135. The zero-order chi connectivity index (χ0) is 12.8. The van der Waals surface area contributed by atoms with E-state index in [1.54, 1.807) is 0 Å². The molecule has 1 fully saturated rings. The van der Waals surface area contributed by atoms with E-state index in [-0.39, 0.29) is 17.4 Å². The number of rotatable bonds is 1. The van der Waals surface area contributed by atoms with Crippen molar-refractivity contribution in [3.05, 3.63) is 12.0 Å². The van der Waals surface area contributed by atoms with Gasteiger partial charge in [0, 0.05) is 0 Å². The number of hydrogen-bond donors (Lipinski definition) is 2. The Morgan fingerprint density at radius 1 is 1.33 bits per heavy atom. The number of anilines is 1. The van der Waals surface area contributed by atoms with Crippen LogP contribution in [0.2, 0.25) is 0 Å². The van der Waals surface area contributed by atoms with Crippen LogP contribution in [0.15, 0.2) is 10.7 Å². The molecule has 6 heteroatoms. The summed E-state index contributed by atoms with van der Waals surface area (Å²) in [5.41, 5.74) is -0.714. The second-order valence-corrected chi connectivity index (χ2v) is 4.72. The largest absolute Gasteiger partial charge is 0.475 e. The van der Waals surface area contributed by atoms with E-state index in [1.165, 1.54) is 6.26 Å².